The summed E-state index contributed by atoms with van der Waals surface area (Å²) in [6, 6.07) is 28.8. The highest BCUT2D eigenvalue weighted by atomic mass is 19.1. The van der Waals surface area contributed by atoms with Crippen molar-refractivity contribution in [2.75, 3.05) is 5.32 Å². The van der Waals surface area contributed by atoms with Gasteiger partial charge in [0.05, 0.1) is 11.4 Å². The van der Waals surface area contributed by atoms with Gasteiger partial charge in [0, 0.05) is 10.8 Å². The van der Waals surface area contributed by atoms with E-state index in [0.29, 0.717) is 5.69 Å². The van der Waals surface area contributed by atoms with E-state index in [1.807, 2.05) is 78.9 Å². The lowest BCUT2D eigenvalue weighted by Crippen LogP contribution is -1.94. The molecular weight excluding hydrogens is 337 g/mol. The zero-order chi connectivity index (χ0) is 18.2. The highest BCUT2D eigenvalue weighted by Crippen LogP contribution is 2.35. The van der Waals surface area contributed by atoms with E-state index in [1.165, 1.54) is 0 Å². The quantitative estimate of drug-likeness (QED) is 0.373. The molecule has 27 heavy (non-hydrogen) atoms. The largest absolute Gasteiger partial charge is 0.454 e. The molecule has 0 atom stereocenters. The fourth-order valence-corrected chi connectivity index (χ4v) is 3.42. The maximum atomic E-state index is 14.7. The Kier molecular flexibility index (Phi) is 3.65. The number of rotatable bonds is 3. The number of anilines is 2. The van der Waals surface area contributed by atoms with E-state index < -0.39 is 0 Å². The molecule has 0 amide bonds. The van der Waals surface area contributed by atoms with Crippen LogP contribution in [0.15, 0.2) is 95.4 Å². The van der Waals surface area contributed by atoms with Gasteiger partial charge in [-0.2, -0.15) is 0 Å². The van der Waals surface area contributed by atoms with Gasteiger partial charge in [-0.1, -0.05) is 66.7 Å². The van der Waals surface area contributed by atoms with Crippen LogP contribution in [0.1, 0.15) is 0 Å². The summed E-state index contributed by atoms with van der Waals surface area (Å²) in [6.07, 6.45) is 0. The van der Waals surface area contributed by atoms with E-state index in [-0.39, 0.29) is 5.82 Å². The van der Waals surface area contributed by atoms with Crippen molar-refractivity contribution in [1.82, 2.24) is 0 Å². The summed E-state index contributed by atoms with van der Waals surface area (Å²) in [5.41, 5.74) is 4.55. The minimum Gasteiger partial charge on any atom is -0.454 e. The number of benzene rings is 4. The molecule has 0 aliphatic heterocycles. The fraction of sp³-hybridized carbons (Fsp3) is 0. The summed E-state index contributed by atoms with van der Waals surface area (Å²) in [4.78, 5) is 0. The molecule has 4 aromatic carbocycles. The molecule has 0 spiro atoms. The third-order valence-corrected chi connectivity index (χ3v) is 4.75. The minimum absolute atomic E-state index is 0.301. The third-order valence-electron chi connectivity index (χ3n) is 4.75. The van der Waals surface area contributed by atoms with E-state index >= 15 is 0 Å². The molecular formula is C24H16FNO. The molecule has 1 heterocycles. The first-order valence-corrected chi connectivity index (χ1v) is 8.82. The number of para-hydroxylation sites is 2. The van der Waals surface area contributed by atoms with Crippen molar-refractivity contribution in [3.8, 4) is 11.1 Å². The molecule has 3 heteroatoms. The van der Waals surface area contributed by atoms with Gasteiger partial charge < -0.3 is 9.73 Å². The van der Waals surface area contributed by atoms with Gasteiger partial charge >= 0.3 is 0 Å². The summed E-state index contributed by atoms with van der Waals surface area (Å²) >= 11 is 0. The highest BCUT2D eigenvalue weighted by Gasteiger charge is 2.12. The van der Waals surface area contributed by atoms with E-state index in [1.54, 1.807) is 12.1 Å². The molecule has 1 aromatic heterocycles. The first kappa shape index (κ1) is 15.6. The lowest BCUT2D eigenvalue weighted by Gasteiger charge is -2.10. The number of furan rings is 1. The summed E-state index contributed by atoms with van der Waals surface area (Å²) in [6.45, 7) is 0. The van der Waals surface area contributed by atoms with Crippen LogP contribution in [-0.4, -0.2) is 0 Å². The van der Waals surface area contributed by atoms with Crippen LogP contribution >= 0.6 is 0 Å². The SMILES string of the molecule is Fc1cc(-c2ccccc2)ccc1Nc1cccc2c1oc1ccccc12. The first-order valence-electron chi connectivity index (χ1n) is 8.82. The van der Waals surface area contributed by atoms with Crippen LogP contribution in [0.25, 0.3) is 33.1 Å². The van der Waals surface area contributed by atoms with Crippen molar-refractivity contribution >= 4 is 33.3 Å². The molecule has 130 valence electrons. The Balaban J connectivity index is 1.56. The standard InChI is InChI=1S/C24H16FNO/c25-20-15-17(16-7-2-1-3-8-16)13-14-21(20)26-22-11-6-10-19-18-9-4-5-12-23(18)27-24(19)22/h1-15,26H. The Morgan fingerprint density at radius 1 is 0.630 bits per heavy atom. The van der Waals surface area contributed by atoms with Crippen molar-refractivity contribution in [1.29, 1.82) is 0 Å². The number of halogens is 1. The predicted molar refractivity (Wildman–Crippen MR) is 109 cm³/mol. The zero-order valence-electron chi connectivity index (χ0n) is 14.4. The predicted octanol–water partition coefficient (Wildman–Crippen LogP) is 7.14. The molecule has 0 aliphatic carbocycles. The van der Waals surface area contributed by atoms with Gasteiger partial charge in [0.2, 0.25) is 0 Å². The van der Waals surface area contributed by atoms with Crippen LogP contribution in [0.5, 0.6) is 0 Å². The maximum absolute atomic E-state index is 14.7. The number of hydrogen-bond acceptors (Lipinski definition) is 2. The minimum atomic E-state index is -0.301. The fourth-order valence-electron chi connectivity index (χ4n) is 3.42. The van der Waals surface area contributed by atoms with Crippen molar-refractivity contribution in [3.63, 3.8) is 0 Å². The molecule has 0 saturated heterocycles. The molecule has 0 aliphatic rings. The normalized spacial score (nSPS) is 11.1. The van der Waals surface area contributed by atoms with Crippen LogP contribution in [0.3, 0.4) is 0 Å². The molecule has 0 saturated carbocycles. The molecule has 0 fully saturated rings. The van der Waals surface area contributed by atoms with Gasteiger partial charge in [0.25, 0.3) is 0 Å². The Morgan fingerprint density at radius 3 is 2.26 bits per heavy atom. The Labute approximate surface area is 155 Å². The first-order chi connectivity index (χ1) is 13.3. The van der Waals surface area contributed by atoms with Gasteiger partial charge in [0.15, 0.2) is 5.58 Å². The lowest BCUT2D eigenvalue weighted by atomic mass is 10.1. The van der Waals surface area contributed by atoms with Crippen molar-refractivity contribution in [2.45, 2.75) is 0 Å². The smallest absolute Gasteiger partial charge is 0.158 e. The molecule has 2 nitrogen and oxygen atoms in total. The molecule has 1 N–H and O–H groups in total. The summed E-state index contributed by atoms with van der Waals surface area (Å²) in [5.74, 6) is -0.301. The molecule has 0 unspecified atom stereocenters. The molecule has 5 aromatic rings. The van der Waals surface area contributed by atoms with E-state index in [4.69, 9.17) is 4.42 Å². The lowest BCUT2D eigenvalue weighted by molar-refractivity contribution is 0.632. The van der Waals surface area contributed by atoms with Gasteiger partial charge in [-0.3, -0.25) is 0 Å². The maximum Gasteiger partial charge on any atom is 0.158 e. The average Bonchev–Trinajstić information content (AvgIpc) is 3.10. The monoisotopic (exact) mass is 353 g/mol. The van der Waals surface area contributed by atoms with Crippen molar-refractivity contribution < 1.29 is 8.81 Å². The van der Waals surface area contributed by atoms with E-state index in [2.05, 4.69) is 5.32 Å². The zero-order valence-corrected chi connectivity index (χ0v) is 14.4. The summed E-state index contributed by atoms with van der Waals surface area (Å²) in [5, 5.41) is 5.25. The summed E-state index contributed by atoms with van der Waals surface area (Å²) in [7, 11) is 0. The second kappa shape index (κ2) is 6.29. The second-order valence-electron chi connectivity index (χ2n) is 6.47. The molecule has 0 bridgehead atoms. The van der Waals surface area contributed by atoms with Crippen LogP contribution in [-0.2, 0) is 0 Å². The second-order valence-corrected chi connectivity index (χ2v) is 6.47. The topological polar surface area (TPSA) is 25.2 Å². The Hall–Kier alpha value is -3.59. The van der Waals surface area contributed by atoms with E-state index in [0.717, 1.165) is 38.8 Å². The average molecular weight is 353 g/mol. The molecule has 0 radical (unpaired) electrons. The highest BCUT2D eigenvalue weighted by molar-refractivity contribution is 6.09. The number of hydrogen-bond donors (Lipinski definition) is 1. The van der Waals surface area contributed by atoms with Gasteiger partial charge in [0.1, 0.15) is 11.4 Å². The Bertz CT molecular complexity index is 1260. The summed E-state index contributed by atoms with van der Waals surface area (Å²) < 4.78 is 20.7. The number of fused-ring (bicyclic) bond motifs is 3. The number of nitrogens with one attached hydrogen (secondary N) is 1. The van der Waals surface area contributed by atoms with Crippen LogP contribution in [0.2, 0.25) is 0 Å². The van der Waals surface area contributed by atoms with Crippen LogP contribution in [0, 0.1) is 5.82 Å². The molecule has 5 rings (SSSR count). The van der Waals surface area contributed by atoms with Crippen molar-refractivity contribution in [2.24, 2.45) is 0 Å². The van der Waals surface area contributed by atoms with Gasteiger partial charge in [-0.05, 0) is 35.4 Å². The van der Waals surface area contributed by atoms with E-state index in [9.17, 15) is 4.39 Å². The van der Waals surface area contributed by atoms with Crippen LogP contribution in [0.4, 0.5) is 15.8 Å². The van der Waals surface area contributed by atoms with Crippen molar-refractivity contribution in [3.05, 3.63) is 96.8 Å². The Morgan fingerprint density at radius 2 is 1.41 bits per heavy atom. The van der Waals surface area contributed by atoms with Gasteiger partial charge in [-0.15, -0.1) is 0 Å². The van der Waals surface area contributed by atoms with Crippen LogP contribution < -0.4 is 5.32 Å². The third kappa shape index (κ3) is 2.74. The van der Waals surface area contributed by atoms with Gasteiger partial charge in [-0.25, -0.2) is 4.39 Å².